The van der Waals surface area contributed by atoms with Gasteiger partial charge < -0.3 is 9.88 Å². The van der Waals surface area contributed by atoms with Gasteiger partial charge in [-0.25, -0.2) is 4.39 Å². The third-order valence-corrected chi connectivity index (χ3v) is 4.10. The number of para-hydroxylation sites is 1. The van der Waals surface area contributed by atoms with Crippen molar-refractivity contribution in [1.82, 2.24) is 9.88 Å². The molecule has 3 rings (SSSR count). The standard InChI is InChI=1S/C15H19FN2/c1-10-14(8-12-7-11(16)9-18(12)2)13-5-3-4-6-15(13)17-10/h3-6,11-12,17H,7-9H2,1-2H3/t11?,12-/m1/s1. The summed E-state index contributed by atoms with van der Waals surface area (Å²) < 4.78 is 13.4. The van der Waals surface area contributed by atoms with Gasteiger partial charge in [0, 0.05) is 29.2 Å². The maximum Gasteiger partial charge on any atom is 0.114 e. The first-order chi connectivity index (χ1) is 8.65. The van der Waals surface area contributed by atoms with Crippen molar-refractivity contribution in [2.75, 3.05) is 13.6 Å². The number of aryl methyl sites for hydroxylation is 1. The number of benzene rings is 1. The molecular formula is C15H19FN2. The van der Waals surface area contributed by atoms with Crippen LogP contribution in [0.15, 0.2) is 24.3 Å². The number of likely N-dealkylation sites (tertiary alicyclic amines) is 1. The summed E-state index contributed by atoms with van der Waals surface area (Å²) in [7, 11) is 2.02. The van der Waals surface area contributed by atoms with Crippen molar-refractivity contribution >= 4 is 10.9 Å². The van der Waals surface area contributed by atoms with E-state index in [1.165, 1.54) is 22.2 Å². The Hall–Kier alpha value is -1.35. The molecule has 0 aliphatic carbocycles. The molecule has 18 heavy (non-hydrogen) atoms. The molecule has 2 nitrogen and oxygen atoms in total. The van der Waals surface area contributed by atoms with E-state index in [4.69, 9.17) is 0 Å². The number of hydrogen-bond acceptors (Lipinski definition) is 1. The zero-order chi connectivity index (χ0) is 12.7. The van der Waals surface area contributed by atoms with Gasteiger partial charge in [0.15, 0.2) is 0 Å². The molecule has 1 aliphatic heterocycles. The molecule has 96 valence electrons. The first-order valence-electron chi connectivity index (χ1n) is 6.55. The fraction of sp³-hybridized carbons (Fsp3) is 0.467. The number of fused-ring (bicyclic) bond motifs is 1. The number of rotatable bonds is 2. The minimum Gasteiger partial charge on any atom is -0.358 e. The van der Waals surface area contributed by atoms with Gasteiger partial charge in [-0.05, 0) is 38.4 Å². The van der Waals surface area contributed by atoms with Gasteiger partial charge in [0.05, 0.1) is 0 Å². The first-order valence-corrected chi connectivity index (χ1v) is 6.55. The summed E-state index contributed by atoms with van der Waals surface area (Å²) in [6, 6.07) is 8.69. The molecule has 1 aromatic heterocycles. The van der Waals surface area contributed by atoms with Crippen molar-refractivity contribution in [2.45, 2.75) is 32.0 Å². The molecule has 1 aliphatic rings. The second-order valence-corrected chi connectivity index (χ2v) is 5.40. The van der Waals surface area contributed by atoms with Gasteiger partial charge >= 0.3 is 0 Å². The Labute approximate surface area is 107 Å². The van der Waals surface area contributed by atoms with Crippen LogP contribution in [0.2, 0.25) is 0 Å². The Bertz CT molecular complexity index is 561. The molecule has 1 N–H and O–H groups in total. The van der Waals surface area contributed by atoms with Crippen molar-refractivity contribution in [3.63, 3.8) is 0 Å². The predicted molar refractivity (Wildman–Crippen MR) is 72.7 cm³/mol. The Morgan fingerprint density at radius 2 is 2.17 bits per heavy atom. The minimum atomic E-state index is -0.662. The lowest BCUT2D eigenvalue weighted by Crippen LogP contribution is -2.27. The van der Waals surface area contributed by atoms with Crippen LogP contribution in [0.25, 0.3) is 10.9 Å². The van der Waals surface area contributed by atoms with Crippen LogP contribution in [-0.2, 0) is 6.42 Å². The first kappa shape index (κ1) is 11.7. The monoisotopic (exact) mass is 246 g/mol. The average Bonchev–Trinajstić information content (AvgIpc) is 2.81. The summed E-state index contributed by atoms with van der Waals surface area (Å²) in [5.74, 6) is 0. The lowest BCUT2D eigenvalue weighted by Gasteiger charge is -2.18. The maximum atomic E-state index is 13.4. The van der Waals surface area contributed by atoms with Crippen LogP contribution >= 0.6 is 0 Å². The van der Waals surface area contributed by atoms with E-state index in [1.54, 1.807) is 0 Å². The summed E-state index contributed by atoms with van der Waals surface area (Å²) in [5, 5.41) is 1.28. The molecule has 0 saturated carbocycles. The largest absolute Gasteiger partial charge is 0.358 e. The topological polar surface area (TPSA) is 19.0 Å². The number of H-pyrrole nitrogens is 1. The van der Waals surface area contributed by atoms with Crippen molar-refractivity contribution in [2.24, 2.45) is 0 Å². The highest BCUT2D eigenvalue weighted by atomic mass is 19.1. The Balaban J connectivity index is 1.93. The number of halogens is 1. The molecule has 2 atom stereocenters. The van der Waals surface area contributed by atoms with E-state index >= 15 is 0 Å². The van der Waals surface area contributed by atoms with Gasteiger partial charge in [-0.3, -0.25) is 0 Å². The van der Waals surface area contributed by atoms with Crippen LogP contribution in [0, 0.1) is 6.92 Å². The smallest absolute Gasteiger partial charge is 0.114 e. The van der Waals surface area contributed by atoms with Gasteiger partial charge in [0.1, 0.15) is 6.17 Å². The normalized spacial score (nSPS) is 25.1. The second-order valence-electron chi connectivity index (χ2n) is 5.40. The van der Waals surface area contributed by atoms with E-state index < -0.39 is 6.17 Å². The van der Waals surface area contributed by atoms with E-state index in [9.17, 15) is 4.39 Å². The number of nitrogens with one attached hydrogen (secondary N) is 1. The zero-order valence-corrected chi connectivity index (χ0v) is 10.9. The number of aromatic amines is 1. The minimum absolute atomic E-state index is 0.331. The van der Waals surface area contributed by atoms with E-state index in [1.807, 2.05) is 13.1 Å². The number of aromatic nitrogens is 1. The maximum absolute atomic E-state index is 13.4. The fourth-order valence-electron chi connectivity index (χ4n) is 3.08. The molecule has 0 spiro atoms. The average molecular weight is 246 g/mol. The Kier molecular flexibility index (Phi) is 2.86. The van der Waals surface area contributed by atoms with E-state index in [2.05, 4.69) is 35.0 Å². The SMILES string of the molecule is Cc1[nH]c2ccccc2c1C[C@H]1CC(F)CN1C. The summed E-state index contributed by atoms with van der Waals surface area (Å²) in [6.45, 7) is 2.68. The number of nitrogens with zero attached hydrogens (tertiary/aromatic N) is 1. The van der Waals surface area contributed by atoms with Crippen molar-refractivity contribution in [1.29, 1.82) is 0 Å². The molecular weight excluding hydrogens is 227 g/mol. The molecule has 0 radical (unpaired) electrons. The van der Waals surface area contributed by atoms with Crippen molar-refractivity contribution in [3.05, 3.63) is 35.5 Å². The third-order valence-electron chi connectivity index (χ3n) is 4.10. The van der Waals surface area contributed by atoms with Crippen LogP contribution in [0.3, 0.4) is 0 Å². The number of alkyl halides is 1. The summed E-state index contributed by atoms with van der Waals surface area (Å²) >= 11 is 0. The van der Waals surface area contributed by atoms with Crippen LogP contribution in [-0.4, -0.2) is 35.7 Å². The van der Waals surface area contributed by atoms with Crippen LogP contribution < -0.4 is 0 Å². The summed E-state index contributed by atoms with van der Waals surface area (Å²) in [4.78, 5) is 5.56. The zero-order valence-electron chi connectivity index (χ0n) is 10.9. The second kappa shape index (κ2) is 4.39. The molecule has 1 fully saturated rings. The van der Waals surface area contributed by atoms with Crippen molar-refractivity contribution < 1.29 is 4.39 Å². The molecule has 1 unspecified atom stereocenters. The highest BCUT2D eigenvalue weighted by Gasteiger charge is 2.30. The number of likely N-dealkylation sites (N-methyl/N-ethyl adjacent to an activating group) is 1. The van der Waals surface area contributed by atoms with Gasteiger partial charge in [-0.2, -0.15) is 0 Å². The van der Waals surface area contributed by atoms with Gasteiger partial charge in [0.2, 0.25) is 0 Å². The molecule has 0 amide bonds. The highest BCUT2D eigenvalue weighted by molar-refractivity contribution is 5.84. The van der Waals surface area contributed by atoms with Gasteiger partial charge in [-0.15, -0.1) is 0 Å². The van der Waals surface area contributed by atoms with Gasteiger partial charge in [0.25, 0.3) is 0 Å². The molecule has 3 heteroatoms. The molecule has 2 aromatic rings. The van der Waals surface area contributed by atoms with Crippen LogP contribution in [0.4, 0.5) is 4.39 Å². The lowest BCUT2D eigenvalue weighted by atomic mass is 10.0. The summed E-state index contributed by atoms with van der Waals surface area (Å²) in [5.41, 5.74) is 3.74. The molecule has 1 aromatic carbocycles. The molecule has 0 bridgehead atoms. The third kappa shape index (κ3) is 1.93. The van der Waals surface area contributed by atoms with E-state index in [0.717, 1.165) is 6.42 Å². The fourth-order valence-corrected chi connectivity index (χ4v) is 3.08. The lowest BCUT2D eigenvalue weighted by molar-refractivity contribution is 0.293. The van der Waals surface area contributed by atoms with Crippen LogP contribution in [0.5, 0.6) is 0 Å². The Morgan fingerprint density at radius 3 is 2.89 bits per heavy atom. The quantitative estimate of drug-likeness (QED) is 0.863. The van der Waals surface area contributed by atoms with Crippen LogP contribution in [0.1, 0.15) is 17.7 Å². The van der Waals surface area contributed by atoms with E-state index in [-0.39, 0.29) is 0 Å². The highest BCUT2D eigenvalue weighted by Crippen LogP contribution is 2.28. The predicted octanol–water partition coefficient (Wildman–Crippen LogP) is 3.06. The van der Waals surface area contributed by atoms with Gasteiger partial charge in [-0.1, -0.05) is 18.2 Å². The van der Waals surface area contributed by atoms with Crippen molar-refractivity contribution in [3.8, 4) is 0 Å². The van der Waals surface area contributed by atoms with E-state index in [0.29, 0.717) is 19.0 Å². The summed E-state index contributed by atoms with van der Waals surface area (Å²) in [6.07, 6.45) is 0.938. The molecule has 2 heterocycles. The number of hydrogen-bond donors (Lipinski definition) is 1. The Morgan fingerprint density at radius 1 is 1.39 bits per heavy atom. The molecule has 1 saturated heterocycles.